The van der Waals surface area contributed by atoms with Crippen LogP contribution in [0, 0.1) is 11.6 Å². The van der Waals surface area contributed by atoms with Crippen LogP contribution in [0.15, 0.2) is 71.5 Å². The van der Waals surface area contributed by atoms with Crippen molar-refractivity contribution in [1.29, 1.82) is 0 Å². The van der Waals surface area contributed by atoms with Gasteiger partial charge in [0.25, 0.3) is 5.56 Å². The Labute approximate surface area is 165 Å². The minimum atomic E-state index is -4.83. The molecule has 0 unspecified atom stereocenters. The highest BCUT2D eigenvalue weighted by atomic mass is 19.4. The smallest absolute Gasteiger partial charge is 0.406 e. The van der Waals surface area contributed by atoms with Crippen LogP contribution in [0.1, 0.15) is 0 Å². The van der Waals surface area contributed by atoms with Gasteiger partial charge < -0.3 is 4.74 Å². The van der Waals surface area contributed by atoms with Gasteiger partial charge >= 0.3 is 6.36 Å². The lowest BCUT2D eigenvalue weighted by atomic mass is 10.0. The fraction of sp³-hybridized carbons (Fsp3) is 0.0476. The summed E-state index contributed by atoms with van der Waals surface area (Å²) in [6.07, 6.45) is -4.83. The van der Waals surface area contributed by atoms with Crippen molar-refractivity contribution in [2.75, 3.05) is 0 Å². The average Bonchev–Trinajstić information content (AvgIpc) is 2.70. The molecule has 0 aliphatic carbocycles. The zero-order valence-corrected chi connectivity index (χ0v) is 15.0. The van der Waals surface area contributed by atoms with E-state index in [0.29, 0.717) is 10.9 Å². The topological polar surface area (TPSA) is 44.1 Å². The monoisotopic (exact) mass is 418 g/mol. The molecule has 0 saturated heterocycles. The summed E-state index contributed by atoms with van der Waals surface area (Å²) < 4.78 is 68.9. The molecule has 9 heteroatoms. The molecule has 0 fully saturated rings. The molecule has 0 aliphatic heterocycles. The van der Waals surface area contributed by atoms with Crippen molar-refractivity contribution in [1.82, 2.24) is 9.78 Å². The van der Waals surface area contributed by atoms with Gasteiger partial charge in [0.1, 0.15) is 5.75 Å². The van der Waals surface area contributed by atoms with Crippen molar-refractivity contribution < 1.29 is 26.7 Å². The number of fused-ring (bicyclic) bond motifs is 1. The maximum atomic E-state index is 13.7. The van der Waals surface area contributed by atoms with Crippen molar-refractivity contribution in [2.24, 2.45) is 0 Å². The van der Waals surface area contributed by atoms with Gasteiger partial charge in [0.2, 0.25) is 0 Å². The van der Waals surface area contributed by atoms with Gasteiger partial charge in [0, 0.05) is 17.0 Å². The van der Waals surface area contributed by atoms with E-state index in [-0.39, 0.29) is 16.8 Å². The first kappa shape index (κ1) is 19.6. The van der Waals surface area contributed by atoms with E-state index >= 15 is 0 Å². The van der Waals surface area contributed by atoms with E-state index in [0.717, 1.165) is 28.9 Å². The van der Waals surface area contributed by atoms with Crippen LogP contribution in [0.5, 0.6) is 5.75 Å². The second-order valence-electron chi connectivity index (χ2n) is 6.28. The highest BCUT2D eigenvalue weighted by Crippen LogP contribution is 2.29. The molecular formula is C21H11F5N2O2. The number of benzene rings is 3. The highest BCUT2D eigenvalue weighted by molar-refractivity contribution is 5.94. The van der Waals surface area contributed by atoms with E-state index in [1.54, 1.807) is 24.3 Å². The molecule has 4 nitrogen and oxygen atoms in total. The first-order valence-corrected chi connectivity index (χ1v) is 8.56. The van der Waals surface area contributed by atoms with E-state index in [4.69, 9.17) is 0 Å². The number of aromatic nitrogens is 2. The third kappa shape index (κ3) is 3.73. The normalized spacial score (nSPS) is 11.6. The number of ether oxygens (including phenoxy) is 1. The summed E-state index contributed by atoms with van der Waals surface area (Å²) in [5, 5.41) is 4.97. The van der Waals surface area contributed by atoms with Gasteiger partial charge in [-0.3, -0.25) is 4.79 Å². The van der Waals surface area contributed by atoms with Crippen LogP contribution in [0.25, 0.3) is 27.7 Å². The van der Waals surface area contributed by atoms with Crippen LogP contribution < -0.4 is 10.3 Å². The van der Waals surface area contributed by atoms with E-state index in [1.165, 1.54) is 18.2 Å². The van der Waals surface area contributed by atoms with Gasteiger partial charge in [-0.1, -0.05) is 18.2 Å². The maximum Gasteiger partial charge on any atom is 0.573 e. The summed E-state index contributed by atoms with van der Waals surface area (Å²) in [6.45, 7) is 0. The minimum absolute atomic E-state index is 0.00271. The molecule has 30 heavy (non-hydrogen) atoms. The first-order valence-electron chi connectivity index (χ1n) is 8.56. The Morgan fingerprint density at radius 3 is 2.13 bits per heavy atom. The molecule has 4 rings (SSSR count). The molecule has 3 aromatic carbocycles. The fourth-order valence-electron chi connectivity index (χ4n) is 3.01. The number of hydrogen-bond acceptors (Lipinski definition) is 3. The van der Waals surface area contributed by atoms with E-state index in [2.05, 4.69) is 9.84 Å². The van der Waals surface area contributed by atoms with Gasteiger partial charge in [0.15, 0.2) is 11.6 Å². The van der Waals surface area contributed by atoms with E-state index < -0.39 is 29.3 Å². The summed E-state index contributed by atoms with van der Waals surface area (Å²) >= 11 is 0. The van der Waals surface area contributed by atoms with Crippen molar-refractivity contribution in [3.8, 4) is 22.7 Å². The lowest BCUT2D eigenvalue weighted by Crippen LogP contribution is -2.22. The molecule has 0 aliphatic rings. The van der Waals surface area contributed by atoms with Crippen LogP contribution in [0.2, 0.25) is 0 Å². The number of alkyl halides is 3. The van der Waals surface area contributed by atoms with Crippen LogP contribution in [0.3, 0.4) is 0 Å². The van der Waals surface area contributed by atoms with Gasteiger partial charge in [-0.2, -0.15) is 9.78 Å². The zero-order valence-electron chi connectivity index (χ0n) is 15.0. The van der Waals surface area contributed by atoms with Crippen LogP contribution in [-0.4, -0.2) is 16.1 Å². The largest absolute Gasteiger partial charge is 0.573 e. The van der Waals surface area contributed by atoms with E-state index in [9.17, 15) is 26.7 Å². The third-order valence-electron chi connectivity index (χ3n) is 4.31. The number of rotatable bonds is 3. The summed E-state index contributed by atoms with van der Waals surface area (Å²) in [6, 6.07) is 14.3. The summed E-state index contributed by atoms with van der Waals surface area (Å²) in [5.74, 6) is -2.64. The van der Waals surface area contributed by atoms with Crippen molar-refractivity contribution >= 4 is 10.8 Å². The first-order chi connectivity index (χ1) is 14.2. The molecule has 0 atom stereocenters. The molecule has 0 radical (unpaired) electrons. The van der Waals surface area contributed by atoms with Gasteiger partial charge in [0.05, 0.1) is 16.8 Å². The van der Waals surface area contributed by atoms with Crippen molar-refractivity contribution in [2.45, 2.75) is 6.36 Å². The summed E-state index contributed by atoms with van der Waals surface area (Å²) in [7, 11) is 0. The average molecular weight is 418 g/mol. The Kier molecular flexibility index (Phi) is 4.73. The second-order valence-corrected chi connectivity index (χ2v) is 6.28. The summed E-state index contributed by atoms with van der Waals surface area (Å²) in [5.41, 5.74) is 0.117. The molecular weight excluding hydrogens is 407 g/mol. The van der Waals surface area contributed by atoms with Crippen LogP contribution in [0.4, 0.5) is 22.0 Å². The molecule has 0 N–H and O–H groups in total. The number of halogens is 5. The predicted octanol–water partition coefficient (Wildman–Crippen LogP) is 5.23. The molecule has 0 saturated carbocycles. The Hall–Kier alpha value is -3.75. The van der Waals surface area contributed by atoms with Gasteiger partial charge in [-0.25, -0.2) is 8.78 Å². The van der Waals surface area contributed by atoms with Crippen molar-refractivity contribution in [3.05, 3.63) is 88.7 Å². The van der Waals surface area contributed by atoms with Gasteiger partial charge in [-0.05, 0) is 42.5 Å². The Morgan fingerprint density at radius 1 is 0.833 bits per heavy atom. The van der Waals surface area contributed by atoms with Gasteiger partial charge in [-0.15, -0.1) is 13.2 Å². The predicted molar refractivity (Wildman–Crippen MR) is 99.4 cm³/mol. The van der Waals surface area contributed by atoms with Crippen molar-refractivity contribution in [3.63, 3.8) is 0 Å². The van der Waals surface area contributed by atoms with E-state index in [1.807, 2.05) is 0 Å². The Morgan fingerprint density at radius 2 is 1.50 bits per heavy atom. The molecule has 0 amide bonds. The minimum Gasteiger partial charge on any atom is -0.406 e. The number of hydrogen-bond donors (Lipinski definition) is 0. The lowest BCUT2D eigenvalue weighted by Gasteiger charge is -2.13. The zero-order chi connectivity index (χ0) is 21.5. The Bertz CT molecular complexity index is 1300. The standard InChI is InChI=1S/C21H11F5N2O2/c22-17-10-7-13(11-18(17)23)28-20(29)16-4-2-1-3-15(16)19(27-28)12-5-8-14(9-6-12)30-21(24,25)26/h1-11H. The molecule has 1 heterocycles. The molecule has 1 aromatic heterocycles. The molecule has 152 valence electrons. The number of nitrogens with zero attached hydrogens (tertiary/aromatic N) is 2. The fourth-order valence-corrected chi connectivity index (χ4v) is 3.01. The summed E-state index contributed by atoms with van der Waals surface area (Å²) in [4.78, 5) is 12.9. The Balaban J connectivity index is 1.90. The molecule has 4 aromatic rings. The maximum absolute atomic E-state index is 13.7. The highest BCUT2D eigenvalue weighted by Gasteiger charge is 2.31. The lowest BCUT2D eigenvalue weighted by molar-refractivity contribution is -0.274. The molecule has 0 spiro atoms. The van der Waals surface area contributed by atoms with Crippen LogP contribution in [-0.2, 0) is 0 Å². The quantitative estimate of drug-likeness (QED) is 0.428. The van der Waals surface area contributed by atoms with Crippen LogP contribution >= 0.6 is 0 Å². The molecule has 0 bridgehead atoms. The third-order valence-corrected chi connectivity index (χ3v) is 4.31. The second kappa shape index (κ2) is 7.25. The SMILES string of the molecule is O=c1c2ccccc2c(-c2ccc(OC(F)(F)F)cc2)nn1-c1ccc(F)c(F)c1.